The van der Waals surface area contributed by atoms with Gasteiger partial charge < -0.3 is 4.74 Å². The SMILES string of the molecule is CCCCc1ccc(C(=O)COC(=O)c2c3c(nc4ccccc24)CCC3)cc1. The Hall–Kier alpha value is -3.01. The number of para-hydroxylation sites is 1. The highest BCUT2D eigenvalue weighted by Gasteiger charge is 2.25. The normalized spacial score (nSPS) is 12.7. The van der Waals surface area contributed by atoms with Crippen molar-refractivity contribution in [1.29, 1.82) is 0 Å². The number of esters is 1. The third-order valence-electron chi connectivity index (χ3n) is 5.55. The van der Waals surface area contributed by atoms with Gasteiger partial charge in [0.25, 0.3) is 0 Å². The molecule has 0 aliphatic heterocycles. The molecule has 0 N–H and O–H groups in total. The minimum Gasteiger partial charge on any atom is -0.454 e. The van der Waals surface area contributed by atoms with Gasteiger partial charge in [0.2, 0.25) is 0 Å². The molecule has 0 saturated heterocycles. The number of benzene rings is 2. The van der Waals surface area contributed by atoms with Crippen molar-refractivity contribution in [3.63, 3.8) is 0 Å². The Balaban J connectivity index is 1.50. The number of carbonyl (C=O) groups excluding carboxylic acids is 2. The van der Waals surface area contributed by atoms with Gasteiger partial charge in [-0.2, -0.15) is 0 Å². The number of aryl methyl sites for hydroxylation is 2. The van der Waals surface area contributed by atoms with Gasteiger partial charge in [0, 0.05) is 16.6 Å². The third kappa shape index (κ3) is 4.07. The molecule has 2 aromatic carbocycles. The molecule has 4 rings (SSSR count). The highest BCUT2D eigenvalue weighted by Crippen LogP contribution is 2.30. The van der Waals surface area contributed by atoms with Gasteiger partial charge in [-0.1, -0.05) is 55.8 Å². The molecule has 1 heterocycles. The zero-order valence-corrected chi connectivity index (χ0v) is 16.7. The summed E-state index contributed by atoms with van der Waals surface area (Å²) in [5, 5.41) is 0.797. The lowest BCUT2D eigenvalue weighted by molar-refractivity contribution is 0.0475. The van der Waals surface area contributed by atoms with E-state index in [2.05, 4.69) is 6.92 Å². The second-order valence-corrected chi connectivity index (χ2v) is 7.58. The van der Waals surface area contributed by atoms with Crippen LogP contribution in [0.4, 0.5) is 0 Å². The van der Waals surface area contributed by atoms with E-state index in [4.69, 9.17) is 9.72 Å². The van der Waals surface area contributed by atoms with Gasteiger partial charge in [0.05, 0.1) is 11.1 Å². The van der Waals surface area contributed by atoms with Crippen LogP contribution in [0.25, 0.3) is 10.9 Å². The first-order valence-corrected chi connectivity index (χ1v) is 10.4. The predicted molar refractivity (Wildman–Crippen MR) is 113 cm³/mol. The van der Waals surface area contributed by atoms with Crippen molar-refractivity contribution >= 4 is 22.7 Å². The number of ether oxygens (including phenoxy) is 1. The summed E-state index contributed by atoms with van der Waals surface area (Å²) in [6.07, 6.45) is 5.98. The number of hydrogen-bond donors (Lipinski definition) is 0. The molecule has 0 radical (unpaired) electrons. The zero-order chi connectivity index (χ0) is 20.2. The maximum atomic E-state index is 12.9. The Morgan fingerprint density at radius 1 is 1.03 bits per heavy atom. The number of fused-ring (bicyclic) bond motifs is 2. The molecule has 0 spiro atoms. The summed E-state index contributed by atoms with van der Waals surface area (Å²) >= 11 is 0. The van der Waals surface area contributed by atoms with Crippen molar-refractivity contribution in [2.75, 3.05) is 6.61 Å². The van der Waals surface area contributed by atoms with Crippen molar-refractivity contribution in [1.82, 2.24) is 4.98 Å². The second-order valence-electron chi connectivity index (χ2n) is 7.58. The first-order valence-electron chi connectivity index (χ1n) is 10.4. The van der Waals surface area contributed by atoms with E-state index in [0.717, 1.165) is 60.7 Å². The summed E-state index contributed by atoms with van der Waals surface area (Å²) in [5.41, 5.74) is 5.12. The number of pyridine rings is 1. The zero-order valence-electron chi connectivity index (χ0n) is 16.7. The van der Waals surface area contributed by atoms with Crippen molar-refractivity contribution in [2.45, 2.75) is 45.4 Å². The number of unbranched alkanes of at least 4 members (excludes halogenated alkanes) is 1. The monoisotopic (exact) mass is 387 g/mol. The van der Waals surface area contributed by atoms with Gasteiger partial charge in [-0.05, 0) is 49.3 Å². The molecular weight excluding hydrogens is 362 g/mol. The molecule has 4 nitrogen and oxygen atoms in total. The average Bonchev–Trinajstić information content (AvgIpc) is 3.22. The van der Waals surface area contributed by atoms with Crippen LogP contribution in [0.2, 0.25) is 0 Å². The number of Topliss-reactive ketones (excluding diaryl/α,β-unsaturated/α-hetero) is 1. The third-order valence-corrected chi connectivity index (χ3v) is 5.55. The van der Waals surface area contributed by atoms with Crippen LogP contribution in [-0.4, -0.2) is 23.3 Å². The molecule has 29 heavy (non-hydrogen) atoms. The topological polar surface area (TPSA) is 56.3 Å². The molecule has 3 aromatic rings. The van der Waals surface area contributed by atoms with Crippen LogP contribution in [0.1, 0.15) is 63.7 Å². The Labute approximate surface area is 170 Å². The van der Waals surface area contributed by atoms with Gasteiger partial charge in [-0.25, -0.2) is 4.79 Å². The molecule has 1 aliphatic rings. The highest BCUT2D eigenvalue weighted by atomic mass is 16.5. The van der Waals surface area contributed by atoms with Crippen LogP contribution in [0.3, 0.4) is 0 Å². The average molecular weight is 387 g/mol. The summed E-state index contributed by atoms with van der Waals surface area (Å²) in [6, 6.07) is 15.2. The predicted octanol–water partition coefficient (Wildman–Crippen LogP) is 5.11. The fraction of sp³-hybridized carbons (Fsp3) is 0.320. The standard InChI is InChI=1S/C25H25NO3/c1-2-3-7-17-12-14-18(15-13-17)23(27)16-29-25(28)24-19-8-4-5-10-21(19)26-22-11-6-9-20(22)24/h4-5,8,10,12-15H,2-3,6-7,9,11,16H2,1H3. The highest BCUT2D eigenvalue weighted by molar-refractivity contribution is 6.06. The maximum absolute atomic E-state index is 12.9. The van der Waals surface area contributed by atoms with E-state index in [-0.39, 0.29) is 12.4 Å². The molecule has 4 heteroatoms. The smallest absolute Gasteiger partial charge is 0.339 e. The van der Waals surface area contributed by atoms with Crippen LogP contribution in [0, 0.1) is 0 Å². The quantitative estimate of drug-likeness (QED) is 0.418. The second kappa shape index (κ2) is 8.56. The number of aromatic nitrogens is 1. The van der Waals surface area contributed by atoms with Crippen LogP contribution in [0.5, 0.6) is 0 Å². The van der Waals surface area contributed by atoms with Crippen LogP contribution >= 0.6 is 0 Å². The van der Waals surface area contributed by atoms with E-state index in [9.17, 15) is 9.59 Å². The summed E-state index contributed by atoms with van der Waals surface area (Å²) < 4.78 is 5.46. The first-order chi connectivity index (χ1) is 14.2. The summed E-state index contributed by atoms with van der Waals surface area (Å²) in [5.74, 6) is -0.620. The summed E-state index contributed by atoms with van der Waals surface area (Å²) in [4.78, 5) is 30.1. The van der Waals surface area contributed by atoms with E-state index < -0.39 is 5.97 Å². The molecule has 0 bridgehead atoms. The van der Waals surface area contributed by atoms with E-state index in [1.165, 1.54) is 5.56 Å². The molecule has 1 aromatic heterocycles. The summed E-state index contributed by atoms with van der Waals surface area (Å²) in [7, 11) is 0. The molecule has 0 saturated carbocycles. The number of rotatable bonds is 7. The first kappa shape index (κ1) is 19.3. The molecular formula is C25H25NO3. The van der Waals surface area contributed by atoms with E-state index in [0.29, 0.717) is 11.1 Å². The van der Waals surface area contributed by atoms with Crippen LogP contribution < -0.4 is 0 Å². The van der Waals surface area contributed by atoms with Gasteiger partial charge in [0.1, 0.15) is 0 Å². The lowest BCUT2D eigenvalue weighted by atomic mass is 10.0. The van der Waals surface area contributed by atoms with E-state index in [1.54, 1.807) is 0 Å². The molecule has 1 aliphatic carbocycles. The van der Waals surface area contributed by atoms with Gasteiger partial charge in [-0.3, -0.25) is 9.78 Å². The molecule has 0 unspecified atom stereocenters. The molecule has 0 amide bonds. The van der Waals surface area contributed by atoms with Crippen molar-refractivity contribution in [2.24, 2.45) is 0 Å². The van der Waals surface area contributed by atoms with E-state index >= 15 is 0 Å². The molecule has 0 fully saturated rings. The summed E-state index contributed by atoms with van der Waals surface area (Å²) in [6.45, 7) is 1.91. The van der Waals surface area contributed by atoms with Gasteiger partial charge in [0.15, 0.2) is 12.4 Å². The fourth-order valence-electron chi connectivity index (χ4n) is 3.97. The van der Waals surface area contributed by atoms with Crippen molar-refractivity contribution < 1.29 is 14.3 Å². The van der Waals surface area contributed by atoms with Crippen molar-refractivity contribution in [3.05, 3.63) is 76.5 Å². The lowest BCUT2D eigenvalue weighted by Crippen LogP contribution is -2.16. The lowest BCUT2D eigenvalue weighted by Gasteiger charge is -2.12. The Kier molecular flexibility index (Phi) is 5.70. The minimum absolute atomic E-state index is 0.185. The minimum atomic E-state index is -0.435. The number of ketones is 1. The van der Waals surface area contributed by atoms with Crippen LogP contribution in [0.15, 0.2) is 48.5 Å². The van der Waals surface area contributed by atoms with E-state index in [1.807, 2.05) is 48.5 Å². The Morgan fingerprint density at radius 3 is 2.62 bits per heavy atom. The van der Waals surface area contributed by atoms with Crippen LogP contribution in [-0.2, 0) is 24.0 Å². The molecule has 0 atom stereocenters. The largest absolute Gasteiger partial charge is 0.454 e. The van der Waals surface area contributed by atoms with Gasteiger partial charge in [-0.15, -0.1) is 0 Å². The maximum Gasteiger partial charge on any atom is 0.339 e. The van der Waals surface area contributed by atoms with Crippen molar-refractivity contribution in [3.8, 4) is 0 Å². The number of nitrogens with zero attached hydrogens (tertiary/aromatic N) is 1. The Morgan fingerprint density at radius 2 is 1.83 bits per heavy atom. The fourth-order valence-corrected chi connectivity index (χ4v) is 3.97. The molecule has 148 valence electrons. The number of carbonyl (C=O) groups is 2. The number of hydrogen-bond acceptors (Lipinski definition) is 4. The van der Waals surface area contributed by atoms with Gasteiger partial charge >= 0.3 is 5.97 Å². The Bertz CT molecular complexity index is 1050.